The summed E-state index contributed by atoms with van der Waals surface area (Å²) in [4.78, 5) is 16.8. The molecule has 0 radical (unpaired) electrons. The van der Waals surface area contributed by atoms with Gasteiger partial charge in [0, 0.05) is 31.0 Å². The number of amides is 1. The Labute approximate surface area is 183 Å². The van der Waals surface area contributed by atoms with Gasteiger partial charge in [0.2, 0.25) is 5.91 Å². The van der Waals surface area contributed by atoms with Gasteiger partial charge >= 0.3 is 0 Å². The van der Waals surface area contributed by atoms with Crippen molar-refractivity contribution in [3.8, 4) is 11.5 Å². The minimum Gasteiger partial charge on any atom is -0.486 e. The normalized spacial score (nSPS) is 20.6. The third kappa shape index (κ3) is 5.68. The van der Waals surface area contributed by atoms with E-state index in [1.165, 1.54) is 0 Å². The minimum atomic E-state index is -0.0404. The fourth-order valence-corrected chi connectivity index (χ4v) is 4.14. The van der Waals surface area contributed by atoms with Crippen LogP contribution in [0, 0.1) is 0 Å². The molecule has 0 bridgehead atoms. The summed E-state index contributed by atoms with van der Waals surface area (Å²) in [5.74, 6) is 1.51. The van der Waals surface area contributed by atoms with Crippen LogP contribution in [0.2, 0.25) is 0 Å². The number of ether oxygens (including phenoxy) is 3. The van der Waals surface area contributed by atoms with Crippen molar-refractivity contribution in [3.63, 3.8) is 0 Å². The van der Waals surface area contributed by atoms with Gasteiger partial charge < -0.3 is 24.4 Å². The molecule has 0 aromatic heterocycles. The lowest BCUT2D eigenvalue weighted by molar-refractivity contribution is -0.117. The Kier molecular flexibility index (Phi) is 6.63. The first-order valence-electron chi connectivity index (χ1n) is 10.8. The van der Waals surface area contributed by atoms with Crippen molar-refractivity contribution in [1.82, 2.24) is 4.90 Å². The number of nitrogens with one attached hydrogen (secondary N) is 1. The summed E-state index contributed by atoms with van der Waals surface area (Å²) >= 11 is 0. The average molecular weight is 426 g/mol. The smallest absolute Gasteiger partial charge is 0.238 e. The highest BCUT2D eigenvalue weighted by molar-refractivity contribution is 5.92. The van der Waals surface area contributed by atoms with E-state index >= 15 is 0 Å². The van der Waals surface area contributed by atoms with Gasteiger partial charge in [0.25, 0.3) is 0 Å². The van der Waals surface area contributed by atoms with Crippen LogP contribution in [0.5, 0.6) is 11.5 Å². The molecule has 2 aliphatic rings. The van der Waals surface area contributed by atoms with Crippen molar-refractivity contribution in [2.75, 3.05) is 50.1 Å². The van der Waals surface area contributed by atoms with Gasteiger partial charge in [-0.15, -0.1) is 0 Å². The Balaban J connectivity index is 1.28. The van der Waals surface area contributed by atoms with E-state index in [9.17, 15) is 4.79 Å². The summed E-state index contributed by atoms with van der Waals surface area (Å²) in [6, 6.07) is 13.9. The van der Waals surface area contributed by atoms with Crippen LogP contribution in [0.3, 0.4) is 0 Å². The van der Waals surface area contributed by atoms with Crippen LogP contribution in [0.15, 0.2) is 42.5 Å². The number of nitrogens with zero attached hydrogens (tertiary/aromatic N) is 2. The zero-order chi connectivity index (χ0) is 21.8. The highest BCUT2D eigenvalue weighted by Gasteiger charge is 2.22. The number of hydrogen-bond acceptors (Lipinski definition) is 6. The molecule has 1 saturated heterocycles. The van der Waals surface area contributed by atoms with E-state index in [4.69, 9.17) is 14.2 Å². The fourth-order valence-electron chi connectivity index (χ4n) is 4.14. The first kappa shape index (κ1) is 21.5. The highest BCUT2D eigenvalue weighted by Crippen LogP contribution is 2.31. The van der Waals surface area contributed by atoms with Crippen molar-refractivity contribution in [1.29, 1.82) is 0 Å². The van der Waals surface area contributed by atoms with Crippen molar-refractivity contribution in [3.05, 3.63) is 48.0 Å². The van der Waals surface area contributed by atoms with E-state index in [2.05, 4.69) is 36.2 Å². The van der Waals surface area contributed by atoms with Crippen molar-refractivity contribution in [2.45, 2.75) is 32.6 Å². The van der Waals surface area contributed by atoms with Crippen molar-refractivity contribution < 1.29 is 19.0 Å². The molecule has 2 aromatic carbocycles. The summed E-state index contributed by atoms with van der Waals surface area (Å²) in [6.07, 6.45) is 0.431. The minimum absolute atomic E-state index is 0.0404. The largest absolute Gasteiger partial charge is 0.486 e. The standard InChI is InChI=1S/C24H31N3O4/c1-17-13-27(14-18(2)31-17)21-7-5-20(6-8-21)25-24(28)16-26(3)15-19-4-9-22-23(12-19)30-11-10-29-22/h4-9,12,17-18H,10-11,13-16H2,1-3H3,(H,25,28). The van der Waals surface area contributed by atoms with E-state index in [-0.39, 0.29) is 18.1 Å². The molecule has 4 rings (SSSR count). The van der Waals surface area contributed by atoms with Crippen LogP contribution in [0.1, 0.15) is 19.4 Å². The monoisotopic (exact) mass is 425 g/mol. The van der Waals surface area contributed by atoms with E-state index in [1.54, 1.807) is 0 Å². The molecule has 2 aliphatic heterocycles. The molecule has 2 aromatic rings. The average Bonchev–Trinajstić information content (AvgIpc) is 2.73. The molecule has 7 nitrogen and oxygen atoms in total. The lowest BCUT2D eigenvalue weighted by Gasteiger charge is -2.36. The topological polar surface area (TPSA) is 63.3 Å². The summed E-state index contributed by atoms with van der Waals surface area (Å²) in [6.45, 7) is 8.04. The predicted molar refractivity (Wildman–Crippen MR) is 121 cm³/mol. The molecule has 7 heteroatoms. The van der Waals surface area contributed by atoms with Gasteiger partial charge in [-0.1, -0.05) is 6.07 Å². The second kappa shape index (κ2) is 9.58. The van der Waals surface area contributed by atoms with Gasteiger partial charge in [-0.05, 0) is 62.9 Å². The molecule has 31 heavy (non-hydrogen) atoms. The maximum absolute atomic E-state index is 12.5. The SMILES string of the molecule is CC1CN(c2ccc(NC(=O)CN(C)Cc3ccc4c(c3)OCCO4)cc2)CC(C)O1. The zero-order valence-electron chi connectivity index (χ0n) is 18.5. The van der Waals surface area contributed by atoms with Crippen molar-refractivity contribution in [2.24, 2.45) is 0 Å². The molecule has 2 heterocycles. The van der Waals surface area contributed by atoms with Gasteiger partial charge in [-0.3, -0.25) is 9.69 Å². The number of fused-ring (bicyclic) bond motifs is 1. The van der Waals surface area contributed by atoms with Crippen LogP contribution in [0.4, 0.5) is 11.4 Å². The summed E-state index contributed by atoms with van der Waals surface area (Å²) in [7, 11) is 1.93. The molecular weight excluding hydrogens is 394 g/mol. The molecule has 2 unspecified atom stereocenters. The van der Waals surface area contributed by atoms with Gasteiger partial charge in [0.05, 0.1) is 18.8 Å². The van der Waals surface area contributed by atoms with Crippen molar-refractivity contribution >= 4 is 17.3 Å². The number of carbonyl (C=O) groups excluding carboxylic acids is 1. The highest BCUT2D eigenvalue weighted by atomic mass is 16.6. The van der Waals surface area contributed by atoms with Crippen LogP contribution in [0.25, 0.3) is 0 Å². The predicted octanol–water partition coefficient (Wildman–Crippen LogP) is 3.14. The molecule has 166 valence electrons. The van der Waals surface area contributed by atoms with E-state index in [1.807, 2.05) is 42.3 Å². The van der Waals surface area contributed by atoms with Crippen LogP contribution in [-0.2, 0) is 16.1 Å². The molecule has 0 spiro atoms. The molecule has 1 amide bonds. The Hall–Kier alpha value is -2.77. The Morgan fingerprint density at radius 1 is 1.03 bits per heavy atom. The van der Waals surface area contributed by atoms with E-state index < -0.39 is 0 Å². The van der Waals surface area contributed by atoms with Crippen LogP contribution >= 0.6 is 0 Å². The zero-order valence-corrected chi connectivity index (χ0v) is 18.5. The number of carbonyl (C=O) groups is 1. The summed E-state index contributed by atoms with van der Waals surface area (Å²) < 4.78 is 17.0. The molecule has 1 fully saturated rings. The first-order valence-corrected chi connectivity index (χ1v) is 10.8. The van der Waals surface area contributed by atoms with Crippen LogP contribution in [-0.4, -0.2) is 62.9 Å². The summed E-state index contributed by atoms with van der Waals surface area (Å²) in [5, 5.41) is 2.99. The first-order chi connectivity index (χ1) is 15.0. The molecule has 0 saturated carbocycles. The van der Waals surface area contributed by atoms with Gasteiger partial charge in [0.15, 0.2) is 11.5 Å². The molecular formula is C24H31N3O4. The van der Waals surface area contributed by atoms with Gasteiger partial charge in [0.1, 0.15) is 13.2 Å². The molecule has 0 aliphatic carbocycles. The van der Waals surface area contributed by atoms with Crippen LogP contribution < -0.4 is 19.7 Å². The van der Waals surface area contributed by atoms with Gasteiger partial charge in [-0.25, -0.2) is 0 Å². The number of hydrogen-bond donors (Lipinski definition) is 1. The summed E-state index contributed by atoms with van der Waals surface area (Å²) in [5.41, 5.74) is 3.03. The Bertz CT molecular complexity index is 892. The van der Waals surface area contributed by atoms with E-state index in [0.717, 1.165) is 41.5 Å². The third-order valence-electron chi connectivity index (χ3n) is 5.41. The second-order valence-corrected chi connectivity index (χ2v) is 8.41. The lowest BCUT2D eigenvalue weighted by Crippen LogP contribution is -2.45. The van der Waals surface area contributed by atoms with E-state index in [0.29, 0.717) is 26.3 Å². The van der Waals surface area contributed by atoms with Gasteiger partial charge in [-0.2, -0.15) is 0 Å². The third-order valence-corrected chi connectivity index (χ3v) is 5.41. The number of likely N-dealkylation sites (N-methyl/N-ethyl adjacent to an activating group) is 1. The Morgan fingerprint density at radius 3 is 2.42 bits per heavy atom. The number of benzene rings is 2. The number of anilines is 2. The molecule has 1 N–H and O–H groups in total. The maximum Gasteiger partial charge on any atom is 0.238 e. The fraction of sp³-hybridized carbons (Fsp3) is 0.458. The second-order valence-electron chi connectivity index (χ2n) is 8.41. The molecule has 2 atom stereocenters. The lowest BCUT2D eigenvalue weighted by atomic mass is 10.2. The number of rotatable bonds is 6. The quantitative estimate of drug-likeness (QED) is 0.767. The maximum atomic E-state index is 12.5. The Morgan fingerprint density at radius 2 is 1.71 bits per heavy atom. The number of morpholine rings is 1.